The third-order valence-corrected chi connectivity index (χ3v) is 7.93. The number of fused-ring (bicyclic) bond motifs is 3. The number of rotatable bonds is 13. The third kappa shape index (κ3) is 8.24. The Bertz CT molecular complexity index is 1710. The van der Waals surface area contributed by atoms with Crippen LogP contribution in [0.3, 0.4) is 0 Å². The Morgan fingerprint density at radius 3 is 1.92 bits per heavy atom. The lowest BCUT2D eigenvalue weighted by molar-refractivity contribution is -0.251. The third-order valence-electron chi connectivity index (χ3n) is 7.93. The number of nitrogens with zero attached hydrogens (tertiary/aromatic N) is 2. The highest BCUT2D eigenvalue weighted by molar-refractivity contribution is 6.41. The van der Waals surface area contributed by atoms with Crippen LogP contribution in [0.2, 0.25) is 0 Å². The molecule has 246 valence electrons. The van der Waals surface area contributed by atoms with E-state index in [1.54, 1.807) is 0 Å². The van der Waals surface area contributed by atoms with E-state index in [1.165, 1.54) is 0 Å². The normalized spacial score (nSPS) is 13.3. The summed E-state index contributed by atoms with van der Waals surface area (Å²) < 4.78 is 5.63. The van der Waals surface area contributed by atoms with E-state index in [9.17, 15) is 19.5 Å². The van der Waals surface area contributed by atoms with Crippen LogP contribution in [0.1, 0.15) is 54.0 Å². The first-order valence-electron chi connectivity index (χ1n) is 15.7. The van der Waals surface area contributed by atoms with Crippen LogP contribution in [0.15, 0.2) is 119 Å². The Kier molecular flexibility index (Phi) is 11.2. The van der Waals surface area contributed by atoms with E-state index < -0.39 is 42.6 Å². The molecule has 0 saturated carbocycles. The minimum atomic E-state index is -1.28. The lowest BCUT2D eigenvalue weighted by Crippen LogP contribution is -2.43. The van der Waals surface area contributed by atoms with Gasteiger partial charge in [0.25, 0.3) is 5.91 Å². The van der Waals surface area contributed by atoms with E-state index in [0.29, 0.717) is 6.42 Å². The molecule has 11 nitrogen and oxygen atoms in total. The van der Waals surface area contributed by atoms with Crippen LogP contribution in [0.25, 0.3) is 11.1 Å². The zero-order chi connectivity index (χ0) is 33.9. The lowest BCUT2D eigenvalue weighted by atomic mass is 9.98. The molecule has 0 aliphatic heterocycles. The van der Waals surface area contributed by atoms with Crippen LogP contribution in [-0.2, 0) is 14.3 Å². The van der Waals surface area contributed by atoms with Gasteiger partial charge >= 0.3 is 12.0 Å². The predicted octanol–water partition coefficient (Wildman–Crippen LogP) is 4.35. The Morgan fingerprint density at radius 1 is 0.833 bits per heavy atom. The maximum atomic E-state index is 13.2. The summed E-state index contributed by atoms with van der Waals surface area (Å²) in [4.78, 5) is 41.7. The van der Waals surface area contributed by atoms with Gasteiger partial charge in [-0.3, -0.25) is 14.6 Å². The number of aliphatic carboxylic acids is 1. The topological polar surface area (TPSA) is 165 Å². The maximum absolute atomic E-state index is 13.2. The minimum Gasteiger partial charge on any atom is -0.599 e. The van der Waals surface area contributed by atoms with Gasteiger partial charge < -0.3 is 25.6 Å². The number of aliphatic imine (C=N–C) groups is 1. The van der Waals surface area contributed by atoms with Crippen LogP contribution >= 0.6 is 0 Å². The van der Waals surface area contributed by atoms with Crippen LogP contribution < -0.4 is 21.2 Å². The molecule has 0 fully saturated rings. The molecule has 0 heterocycles. The summed E-state index contributed by atoms with van der Waals surface area (Å²) in [5, 5.41) is 31.5. The van der Waals surface area contributed by atoms with Crippen LogP contribution in [0.5, 0.6) is 0 Å². The number of carbonyl (C=O) groups excluding carboxylic acids is 2. The number of amides is 3. The van der Waals surface area contributed by atoms with Crippen molar-refractivity contribution in [3.05, 3.63) is 131 Å². The Balaban J connectivity index is 1.36. The predicted molar refractivity (Wildman–Crippen MR) is 180 cm³/mol. The number of nitrogens with one attached hydrogen (secondary N) is 3. The highest BCUT2D eigenvalue weighted by atomic mass is 16.6. The van der Waals surface area contributed by atoms with Gasteiger partial charge in [-0.25, -0.2) is 10.2 Å². The molecule has 0 bridgehead atoms. The van der Waals surface area contributed by atoms with Crippen molar-refractivity contribution in [2.24, 2.45) is 10.1 Å². The molecule has 3 amide bonds. The first-order chi connectivity index (χ1) is 23.4. The van der Waals surface area contributed by atoms with Crippen molar-refractivity contribution in [2.75, 3.05) is 13.2 Å². The Hall–Kier alpha value is -5.97. The first kappa shape index (κ1) is 33.4. The number of hydrogen-bond donors (Lipinski definition) is 4. The molecule has 0 aromatic heterocycles. The summed E-state index contributed by atoms with van der Waals surface area (Å²) in [7, 11) is 0. The smallest absolute Gasteiger partial charge is 0.335 e. The second kappa shape index (κ2) is 16.0. The second-order valence-electron chi connectivity index (χ2n) is 11.2. The molecule has 11 heteroatoms. The molecule has 0 radical (unpaired) electrons. The van der Waals surface area contributed by atoms with Gasteiger partial charge in [0.15, 0.2) is 0 Å². The molecule has 0 saturated heterocycles. The van der Waals surface area contributed by atoms with Crippen molar-refractivity contribution in [2.45, 2.75) is 37.8 Å². The molecule has 1 unspecified atom stereocenters. The summed E-state index contributed by atoms with van der Waals surface area (Å²) >= 11 is 0. The van der Waals surface area contributed by atoms with E-state index in [0.717, 1.165) is 33.4 Å². The molecule has 4 aromatic carbocycles. The fourth-order valence-corrected chi connectivity index (χ4v) is 5.74. The van der Waals surface area contributed by atoms with Gasteiger partial charge in [-0.2, -0.15) is 5.10 Å². The summed E-state index contributed by atoms with van der Waals surface area (Å²) in [6.45, 7) is 1.16. The minimum absolute atomic E-state index is 0.0217. The number of urea groups is 1. The average molecular weight is 647 g/mol. The van der Waals surface area contributed by atoms with Crippen LogP contribution in [0.4, 0.5) is 4.79 Å². The first-order valence-corrected chi connectivity index (χ1v) is 15.7. The van der Waals surface area contributed by atoms with Crippen LogP contribution in [-0.4, -0.2) is 54.0 Å². The van der Waals surface area contributed by atoms with Gasteiger partial charge in [0.2, 0.25) is 0 Å². The van der Waals surface area contributed by atoms with E-state index >= 15 is 0 Å². The fraction of sp³-hybridized carbons (Fsp3) is 0.216. The number of carboxylic acid groups (broad SMARTS) is 1. The lowest BCUT2D eigenvalue weighted by Gasteiger charge is -2.23. The molecule has 1 aliphatic rings. The molecule has 1 atom stereocenters. The number of benzene rings is 4. The molecule has 4 aromatic rings. The number of hydrazone groups is 1. The molecule has 4 N–H and O–H groups in total. The number of ether oxygens (including phenoxy) is 1. The van der Waals surface area contributed by atoms with Crippen molar-refractivity contribution in [1.29, 1.82) is 0 Å². The summed E-state index contributed by atoms with van der Waals surface area (Å²) in [6, 6.07) is 32.1. The standard InChI is InChI=1S/C37H37N5O6/c1-2-13-31(39-37(47)48-23-30-28-20-11-9-18-26(28)27-19-10-12-21-29(27)30)34(35(45)38-22-32(43)44)41-42-36(46)40-33(24-14-5-3-6-15-24)25-16-7-4-8-17-25/h3-12,14-21,30-31,33H,2,13,22-23H2,1H3,(H,38,45)(H,39,47)(H,43,44)(H2,40,42,46)/p-1. The fourth-order valence-electron chi connectivity index (χ4n) is 5.74. The molecule has 1 aliphatic carbocycles. The van der Waals surface area contributed by atoms with Crippen molar-refractivity contribution >= 4 is 29.7 Å². The van der Waals surface area contributed by atoms with E-state index in [1.807, 2.05) is 116 Å². The van der Waals surface area contributed by atoms with Gasteiger partial charge in [0.1, 0.15) is 24.4 Å². The average Bonchev–Trinajstić information content (AvgIpc) is 3.43. The van der Waals surface area contributed by atoms with Gasteiger partial charge in [-0.1, -0.05) is 123 Å². The van der Waals surface area contributed by atoms with Gasteiger partial charge in [0, 0.05) is 12.5 Å². The van der Waals surface area contributed by atoms with Gasteiger partial charge in [-0.05, 0) is 39.8 Å². The van der Waals surface area contributed by atoms with Gasteiger partial charge in [-0.15, -0.1) is 0 Å². The van der Waals surface area contributed by atoms with Crippen molar-refractivity contribution in [3.8, 4) is 11.1 Å². The van der Waals surface area contributed by atoms with Crippen molar-refractivity contribution < 1.29 is 29.3 Å². The number of carboxylic acids is 1. The monoisotopic (exact) mass is 646 g/mol. The molecule has 5 rings (SSSR count). The Morgan fingerprint density at radius 2 is 1.38 bits per heavy atom. The summed E-state index contributed by atoms with van der Waals surface area (Å²) in [5.41, 5.74) is 7.86. The van der Waals surface area contributed by atoms with E-state index in [2.05, 4.69) is 26.2 Å². The van der Waals surface area contributed by atoms with Gasteiger partial charge in [0.05, 0.1) is 6.04 Å². The van der Waals surface area contributed by atoms with Crippen molar-refractivity contribution in [3.63, 3.8) is 0 Å². The zero-order valence-corrected chi connectivity index (χ0v) is 26.3. The highest BCUT2D eigenvalue weighted by Crippen LogP contribution is 2.44. The largest absolute Gasteiger partial charge is 0.599 e. The molecular weight excluding hydrogens is 610 g/mol. The maximum Gasteiger partial charge on any atom is 0.335 e. The molecule has 48 heavy (non-hydrogen) atoms. The van der Waals surface area contributed by atoms with Crippen molar-refractivity contribution in [1.82, 2.24) is 16.1 Å². The summed E-state index contributed by atoms with van der Waals surface area (Å²) in [5.74, 6) is -2.36. The highest BCUT2D eigenvalue weighted by Gasteiger charge is 2.28. The summed E-state index contributed by atoms with van der Waals surface area (Å²) in [6.07, 6.45) is -0.220. The number of carbonyl (C=O) groups is 3. The second-order valence-corrected chi connectivity index (χ2v) is 11.2. The number of hydrogen-bond acceptors (Lipinski definition) is 7. The SMILES string of the molecule is CCCC(N=C([O-])OCC1c2ccccc2-c2ccccc21)C(=NNC(=O)NC(c1ccccc1)c1ccccc1)C(=O)NCC(=O)O. The van der Waals surface area contributed by atoms with E-state index in [-0.39, 0.29) is 24.7 Å². The quantitative estimate of drug-likeness (QED) is 0.0959. The molecular formula is C37H36N5O6-. The zero-order valence-electron chi connectivity index (χ0n) is 26.3. The Labute approximate surface area is 278 Å². The molecule has 0 spiro atoms. The van der Waals surface area contributed by atoms with E-state index in [4.69, 9.17) is 9.84 Å². The van der Waals surface area contributed by atoms with Crippen LogP contribution in [0, 0.1) is 0 Å².